The molecule has 0 aliphatic carbocycles. The highest BCUT2D eigenvalue weighted by molar-refractivity contribution is 5.75. The number of aromatic nitrogens is 5. The van der Waals surface area contributed by atoms with Crippen LogP contribution in [-0.2, 0) is 24.2 Å². The molecular weight excluding hydrogens is 462 g/mol. The van der Waals surface area contributed by atoms with Crippen LogP contribution in [0.1, 0.15) is 121 Å². The largest absolute Gasteiger partial charge is 0.369 e. The number of carbonyl (C=O) groups excluding carboxylic acids is 1. The number of allylic oxidation sites excluding steroid dienone is 2. The summed E-state index contributed by atoms with van der Waals surface area (Å²) < 4.78 is 1.82. The van der Waals surface area contributed by atoms with Crippen molar-refractivity contribution < 1.29 is 4.79 Å². The summed E-state index contributed by atoms with van der Waals surface area (Å²) in [7, 11) is 0. The second kappa shape index (κ2) is 20.4. The number of hydrogen-bond donors (Lipinski definition) is 3. The molecule has 0 radical (unpaired) electrons. The normalized spacial score (nSPS) is 11.5. The highest BCUT2D eigenvalue weighted by atomic mass is 16.1. The molecule has 0 unspecified atom stereocenters. The zero-order valence-electron chi connectivity index (χ0n) is 23.2. The summed E-state index contributed by atoms with van der Waals surface area (Å²) in [5.74, 6) is 0.619. The van der Waals surface area contributed by atoms with E-state index in [9.17, 15) is 4.79 Å². The van der Waals surface area contributed by atoms with Crippen molar-refractivity contribution in [1.29, 1.82) is 0 Å². The Labute approximate surface area is 224 Å². The molecule has 0 fully saturated rings. The number of carbonyl (C=O) groups is 1. The number of H-pyrrole nitrogens is 1. The van der Waals surface area contributed by atoms with Crippen LogP contribution in [-0.4, -0.2) is 37.4 Å². The number of amides is 1. The van der Waals surface area contributed by atoms with E-state index < -0.39 is 0 Å². The van der Waals surface area contributed by atoms with Crippen LogP contribution < -0.4 is 11.1 Å². The standard InChI is InChI=1S/C29H51N7O/c1-2-3-4-5-6-7-8-9-10-11-12-13-14-18-21-28(37)31-22-23-36-25-27(34-35-36)20-17-15-16-19-26-24-32-29(30)33-26/h9-10,24-25H,2-8,11-23H2,1H3,(H,31,37)(H3,30,32,33)/b10-9+. The van der Waals surface area contributed by atoms with Gasteiger partial charge >= 0.3 is 0 Å². The van der Waals surface area contributed by atoms with Crippen molar-refractivity contribution in [3.05, 3.63) is 35.9 Å². The number of nitrogens with two attached hydrogens (primary N) is 1. The first-order valence-electron chi connectivity index (χ1n) is 14.8. The summed E-state index contributed by atoms with van der Waals surface area (Å²) in [4.78, 5) is 19.2. The first-order valence-corrected chi connectivity index (χ1v) is 14.8. The third-order valence-corrected chi connectivity index (χ3v) is 6.69. The van der Waals surface area contributed by atoms with Crippen molar-refractivity contribution in [3.63, 3.8) is 0 Å². The number of rotatable bonds is 23. The van der Waals surface area contributed by atoms with Crippen LogP contribution in [0.5, 0.6) is 0 Å². The molecule has 2 heterocycles. The van der Waals surface area contributed by atoms with Gasteiger partial charge in [0.05, 0.1) is 18.4 Å². The minimum Gasteiger partial charge on any atom is -0.369 e. The van der Waals surface area contributed by atoms with Crippen molar-refractivity contribution in [2.75, 3.05) is 12.3 Å². The van der Waals surface area contributed by atoms with E-state index >= 15 is 0 Å². The molecule has 2 rings (SSSR count). The number of aromatic amines is 1. The van der Waals surface area contributed by atoms with Gasteiger partial charge in [-0.1, -0.05) is 75.7 Å². The molecule has 1 amide bonds. The van der Waals surface area contributed by atoms with E-state index in [1.807, 2.05) is 10.9 Å². The Morgan fingerprint density at radius 2 is 1.62 bits per heavy atom. The van der Waals surface area contributed by atoms with E-state index in [0.29, 0.717) is 25.5 Å². The summed E-state index contributed by atoms with van der Waals surface area (Å²) in [5.41, 5.74) is 7.70. The second-order valence-corrected chi connectivity index (χ2v) is 10.2. The highest BCUT2D eigenvalue weighted by Gasteiger charge is 2.04. The van der Waals surface area contributed by atoms with Gasteiger partial charge in [0.2, 0.25) is 5.91 Å². The Morgan fingerprint density at radius 1 is 0.946 bits per heavy atom. The fourth-order valence-corrected chi connectivity index (χ4v) is 4.44. The lowest BCUT2D eigenvalue weighted by Gasteiger charge is -2.05. The fourth-order valence-electron chi connectivity index (χ4n) is 4.44. The van der Waals surface area contributed by atoms with Crippen LogP contribution in [0.3, 0.4) is 0 Å². The predicted molar refractivity (Wildman–Crippen MR) is 152 cm³/mol. The Hall–Kier alpha value is -2.64. The lowest BCUT2D eigenvalue weighted by Crippen LogP contribution is -2.27. The van der Waals surface area contributed by atoms with Crippen LogP contribution in [0.25, 0.3) is 0 Å². The van der Waals surface area contributed by atoms with Gasteiger partial charge in [-0.2, -0.15) is 0 Å². The maximum atomic E-state index is 12.1. The number of imidazole rings is 1. The van der Waals surface area contributed by atoms with E-state index in [1.165, 1.54) is 64.2 Å². The first-order chi connectivity index (χ1) is 18.2. The van der Waals surface area contributed by atoms with E-state index in [-0.39, 0.29) is 5.91 Å². The van der Waals surface area contributed by atoms with Gasteiger partial charge in [0, 0.05) is 24.9 Å². The van der Waals surface area contributed by atoms with Gasteiger partial charge in [-0.15, -0.1) is 5.10 Å². The fraction of sp³-hybridized carbons (Fsp3) is 0.724. The number of aryl methyl sites for hydroxylation is 2. The maximum Gasteiger partial charge on any atom is 0.220 e. The van der Waals surface area contributed by atoms with Gasteiger partial charge in [0.15, 0.2) is 5.95 Å². The molecule has 37 heavy (non-hydrogen) atoms. The van der Waals surface area contributed by atoms with Crippen LogP contribution in [0, 0.1) is 0 Å². The Bertz CT molecular complexity index is 858. The smallest absolute Gasteiger partial charge is 0.220 e. The van der Waals surface area contributed by atoms with Crippen molar-refractivity contribution in [1.82, 2.24) is 30.3 Å². The molecule has 0 bridgehead atoms. The van der Waals surface area contributed by atoms with Gasteiger partial charge < -0.3 is 16.0 Å². The van der Waals surface area contributed by atoms with Gasteiger partial charge in [0.1, 0.15) is 0 Å². The number of unbranched alkanes of at least 4 members (excludes halogenated alkanes) is 12. The summed E-state index contributed by atoms with van der Waals surface area (Å²) in [6, 6.07) is 0. The lowest BCUT2D eigenvalue weighted by molar-refractivity contribution is -0.121. The molecule has 0 aliphatic heterocycles. The van der Waals surface area contributed by atoms with Gasteiger partial charge in [-0.3, -0.25) is 9.48 Å². The highest BCUT2D eigenvalue weighted by Crippen LogP contribution is 2.10. The number of nitrogens with zero attached hydrogens (tertiary/aromatic N) is 4. The zero-order chi connectivity index (χ0) is 26.4. The van der Waals surface area contributed by atoms with Crippen molar-refractivity contribution >= 4 is 11.9 Å². The molecular formula is C29H51N7O. The van der Waals surface area contributed by atoms with E-state index in [0.717, 1.165) is 56.3 Å². The quantitative estimate of drug-likeness (QED) is 0.119. The van der Waals surface area contributed by atoms with Crippen LogP contribution >= 0.6 is 0 Å². The summed E-state index contributed by atoms with van der Waals surface area (Å²) in [5, 5.41) is 11.5. The summed E-state index contributed by atoms with van der Waals surface area (Å²) in [6.45, 7) is 3.52. The minimum absolute atomic E-state index is 0.137. The number of anilines is 1. The molecule has 8 nitrogen and oxygen atoms in total. The summed E-state index contributed by atoms with van der Waals surface area (Å²) in [6.07, 6.45) is 29.4. The zero-order valence-corrected chi connectivity index (χ0v) is 23.2. The Balaban J connectivity index is 1.37. The number of nitrogens with one attached hydrogen (secondary N) is 2. The van der Waals surface area contributed by atoms with E-state index in [2.05, 4.69) is 44.7 Å². The average Bonchev–Trinajstić information content (AvgIpc) is 3.52. The maximum absolute atomic E-state index is 12.1. The van der Waals surface area contributed by atoms with Crippen molar-refractivity contribution in [2.24, 2.45) is 0 Å². The van der Waals surface area contributed by atoms with Gasteiger partial charge in [-0.05, 0) is 57.8 Å². The summed E-state index contributed by atoms with van der Waals surface area (Å²) >= 11 is 0. The molecule has 0 atom stereocenters. The van der Waals surface area contributed by atoms with Crippen LogP contribution in [0.15, 0.2) is 24.5 Å². The molecule has 0 spiro atoms. The monoisotopic (exact) mass is 513 g/mol. The van der Waals surface area contributed by atoms with E-state index in [1.54, 1.807) is 6.20 Å². The first kappa shape index (κ1) is 30.6. The van der Waals surface area contributed by atoms with Gasteiger partial charge in [-0.25, -0.2) is 4.98 Å². The predicted octanol–water partition coefficient (Wildman–Crippen LogP) is 6.30. The van der Waals surface area contributed by atoms with E-state index in [4.69, 9.17) is 5.73 Å². The molecule has 0 saturated carbocycles. The van der Waals surface area contributed by atoms with Crippen LogP contribution in [0.2, 0.25) is 0 Å². The molecule has 2 aromatic rings. The van der Waals surface area contributed by atoms with Gasteiger partial charge in [0.25, 0.3) is 0 Å². The van der Waals surface area contributed by atoms with Crippen molar-refractivity contribution in [3.8, 4) is 0 Å². The van der Waals surface area contributed by atoms with Crippen LogP contribution in [0.4, 0.5) is 5.95 Å². The third kappa shape index (κ3) is 15.9. The number of nitrogen functional groups attached to an aromatic ring is 1. The second-order valence-electron chi connectivity index (χ2n) is 10.2. The molecule has 0 aliphatic rings. The molecule has 8 heteroatoms. The molecule has 208 valence electrons. The number of hydrogen-bond acceptors (Lipinski definition) is 5. The molecule has 4 N–H and O–H groups in total. The molecule has 0 saturated heterocycles. The minimum atomic E-state index is 0.137. The topological polar surface area (TPSA) is 115 Å². The molecule has 0 aromatic carbocycles. The average molecular weight is 514 g/mol. The molecule has 2 aromatic heterocycles. The third-order valence-electron chi connectivity index (χ3n) is 6.69. The van der Waals surface area contributed by atoms with Crippen molar-refractivity contribution in [2.45, 2.75) is 129 Å². The Kier molecular flexibility index (Phi) is 16.9. The SMILES string of the molecule is CCCCCCCC/C=C/CCCCCCC(=O)NCCn1cc(CCCCCc2cnc(N)[nH]2)nn1. The Morgan fingerprint density at radius 3 is 2.35 bits per heavy atom. The lowest BCUT2D eigenvalue weighted by atomic mass is 10.1.